The molecular formula is C17H19NO3S2. The molecule has 0 aliphatic carbocycles. The maximum atomic E-state index is 13.0. The molecule has 0 spiro atoms. The van der Waals surface area contributed by atoms with Gasteiger partial charge in [0.1, 0.15) is 5.75 Å². The minimum absolute atomic E-state index is 0.159. The number of ether oxygens (including phenoxy) is 1. The summed E-state index contributed by atoms with van der Waals surface area (Å²) in [6, 6.07) is 16.4. The lowest BCUT2D eigenvalue weighted by Crippen LogP contribution is -2.30. The Hall–Kier alpha value is -1.50. The molecule has 4 nitrogen and oxygen atoms in total. The quantitative estimate of drug-likeness (QED) is 0.828. The van der Waals surface area contributed by atoms with Gasteiger partial charge in [-0.3, -0.25) is 0 Å². The fourth-order valence-electron chi connectivity index (χ4n) is 2.59. The number of rotatable bonds is 5. The van der Waals surface area contributed by atoms with Crippen molar-refractivity contribution in [3.05, 3.63) is 60.2 Å². The maximum Gasteiger partial charge on any atom is 0.244 e. The van der Waals surface area contributed by atoms with E-state index in [1.165, 1.54) is 0 Å². The molecule has 2 aromatic carbocycles. The SMILES string of the molecule is CCOc1ccc(S(=O)(=O)N2CCSC2c2ccccc2)cc1. The highest BCUT2D eigenvalue weighted by Crippen LogP contribution is 2.41. The lowest BCUT2D eigenvalue weighted by molar-refractivity contribution is 0.340. The summed E-state index contributed by atoms with van der Waals surface area (Å²) in [6.45, 7) is 2.99. The van der Waals surface area contributed by atoms with Crippen LogP contribution < -0.4 is 4.74 Å². The standard InChI is InChI=1S/C17H19NO3S2/c1-2-21-15-8-10-16(11-9-15)23(19,20)18-12-13-22-17(18)14-6-4-3-5-7-14/h3-11,17H,2,12-13H2,1H3. The molecule has 1 fully saturated rings. The first kappa shape index (κ1) is 16.4. The Bertz CT molecular complexity index is 745. The van der Waals surface area contributed by atoms with Gasteiger partial charge in [-0.2, -0.15) is 4.31 Å². The minimum Gasteiger partial charge on any atom is -0.494 e. The predicted molar refractivity (Wildman–Crippen MR) is 93.1 cm³/mol. The van der Waals surface area contributed by atoms with Crippen molar-refractivity contribution in [2.75, 3.05) is 18.9 Å². The van der Waals surface area contributed by atoms with Crippen molar-refractivity contribution < 1.29 is 13.2 Å². The molecule has 1 aliphatic heterocycles. The second-order valence-corrected chi connectivity index (χ2v) is 8.23. The highest BCUT2D eigenvalue weighted by molar-refractivity contribution is 8.01. The van der Waals surface area contributed by atoms with Gasteiger partial charge in [-0.1, -0.05) is 30.3 Å². The average molecular weight is 349 g/mol. The molecule has 1 atom stereocenters. The first-order valence-electron chi connectivity index (χ1n) is 7.54. The van der Waals surface area contributed by atoms with Crippen LogP contribution in [0.2, 0.25) is 0 Å². The number of hydrogen-bond donors (Lipinski definition) is 0. The third-order valence-corrected chi connectivity index (χ3v) is 6.95. The molecular weight excluding hydrogens is 330 g/mol. The van der Waals surface area contributed by atoms with Crippen LogP contribution in [0.5, 0.6) is 5.75 Å². The molecule has 1 aliphatic rings. The number of thioether (sulfide) groups is 1. The van der Waals surface area contributed by atoms with Crippen LogP contribution in [0.25, 0.3) is 0 Å². The van der Waals surface area contributed by atoms with E-state index < -0.39 is 10.0 Å². The van der Waals surface area contributed by atoms with Crippen LogP contribution in [0.1, 0.15) is 17.9 Å². The first-order chi connectivity index (χ1) is 11.1. The van der Waals surface area contributed by atoms with Crippen molar-refractivity contribution in [3.8, 4) is 5.75 Å². The number of benzene rings is 2. The zero-order valence-electron chi connectivity index (χ0n) is 12.9. The molecule has 0 saturated carbocycles. The van der Waals surface area contributed by atoms with E-state index in [9.17, 15) is 8.42 Å². The summed E-state index contributed by atoms with van der Waals surface area (Å²) in [5.74, 6) is 1.48. The Morgan fingerprint density at radius 2 is 1.83 bits per heavy atom. The number of hydrogen-bond acceptors (Lipinski definition) is 4. The van der Waals surface area contributed by atoms with Gasteiger partial charge >= 0.3 is 0 Å². The van der Waals surface area contributed by atoms with Gasteiger partial charge in [0.2, 0.25) is 10.0 Å². The van der Waals surface area contributed by atoms with E-state index >= 15 is 0 Å². The molecule has 6 heteroatoms. The van der Waals surface area contributed by atoms with Gasteiger partial charge < -0.3 is 4.74 Å². The van der Waals surface area contributed by atoms with E-state index in [1.54, 1.807) is 40.3 Å². The van der Waals surface area contributed by atoms with Crippen molar-refractivity contribution in [1.82, 2.24) is 4.31 Å². The van der Waals surface area contributed by atoms with E-state index in [4.69, 9.17) is 4.74 Å². The molecule has 23 heavy (non-hydrogen) atoms. The van der Waals surface area contributed by atoms with Crippen LogP contribution in [-0.2, 0) is 10.0 Å². The van der Waals surface area contributed by atoms with Crippen LogP contribution >= 0.6 is 11.8 Å². The van der Waals surface area contributed by atoms with Crippen molar-refractivity contribution in [3.63, 3.8) is 0 Å². The normalized spacial score (nSPS) is 18.9. The summed E-state index contributed by atoms with van der Waals surface area (Å²) < 4.78 is 32.9. The summed E-state index contributed by atoms with van der Waals surface area (Å²) in [5.41, 5.74) is 1.02. The number of sulfonamides is 1. The minimum atomic E-state index is -3.51. The molecule has 0 radical (unpaired) electrons. The Morgan fingerprint density at radius 3 is 2.48 bits per heavy atom. The summed E-state index contributed by atoms with van der Waals surface area (Å²) in [7, 11) is -3.51. The van der Waals surface area contributed by atoms with Gasteiger partial charge in [-0.05, 0) is 36.8 Å². The topological polar surface area (TPSA) is 46.6 Å². The van der Waals surface area contributed by atoms with Gasteiger partial charge in [-0.25, -0.2) is 8.42 Å². The Balaban J connectivity index is 1.89. The highest BCUT2D eigenvalue weighted by Gasteiger charge is 2.36. The molecule has 1 unspecified atom stereocenters. The zero-order chi connectivity index (χ0) is 16.3. The van der Waals surface area contributed by atoms with Crippen molar-refractivity contribution in [1.29, 1.82) is 0 Å². The smallest absolute Gasteiger partial charge is 0.244 e. The van der Waals surface area contributed by atoms with E-state index in [2.05, 4.69) is 0 Å². The maximum absolute atomic E-state index is 13.0. The zero-order valence-corrected chi connectivity index (χ0v) is 14.5. The van der Waals surface area contributed by atoms with Crippen LogP contribution in [-0.4, -0.2) is 31.6 Å². The van der Waals surface area contributed by atoms with Gasteiger partial charge in [0.05, 0.1) is 16.9 Å². The van der Waals surface area contributed by atoms with Crippen LogP contribution in [0.15, 0.2) is 59.5 Å². The summed E-state index contributed by atoms with van der Waals surface area (Å²) in [4.78, 5) is 0.310. The second-order valence-electron chi connectivity index (χ2n) is 5.15. The lowest BCUT2D eigenvalue weighted by Gasteiger charge is -2.23. The molecule has 2 aromatic rings. The monoisotopic (exact) mass is 349 g/mol. The van der Waals surface area contributed by atoms with Crippen LogP contribution in [0.3, 0.4) is 0 Å². The summed E-state index contributed by atoms with van der Waals surface area (Å²) in [6.07, 6.45) is 0. The van der Waals surface area contributed by atoms with Crippen LogP contribution in [0, 0.1) is 0 Å². The van der Waals surface area contributed by atoms with Crippen LogP contribution in [0.4, 0.5) is 0 Å². The third-order valence-electron chi connectivity index (χ3n) is 3.68. The molecule has 0 N–H and O–H groups in total. The van der Waals surface area contributed by atoms with Crippen molar-refractivity contribution in [2.24, 2.45) is 0 Å². The van der Waals surface area contributed by atoms with E-state index in [0.29, 0.717) is 23.8 Å². The van der Waals surface area contributed by atoms with Gasteiger partial charge in [-0.15, -0.1) is 11.8 Å². The lowest BCUT2D eigenvalue weighted by atomic mass is 10.2. The third kappa shape index (κ3) is 3.39. The predicted octanol–water partition coefficient (Wildman–Crippen LogP) is 3.52. The summed E-state index contributed by atoms with van der Waals surface area (Å²) in [5, 5.41) is -0.159. The molecule has 1 saturated heterocycles. The Kier molecular flexibility index (Phi) is 4.94. The van der Waals surface area contributed by atoms with E-state index in [-0.39, 0.29) is 5.37 Å². The molecule has 0 amide bonds. The van der Waals surface area contributed by atoms with Gasteiger partial charge in [0.15, 0.2) is 0 Å². The fraction of sp³-hybridized carbons (Fsp3) is 0.294. The molecule has 1 heterocycles. The largest absolute Gasteiger partial charge is 0.494 e. The van der Waals surface area contributed by atoms with Crippen molar-refractivity contribution in [2.45, 2.75) is 17.2 Å². The summed E-state index contributed by atoms with van der Waals surface area (Å²) >= 11 is 1.66. The second kappa shape index (κ2) is 6.95. The fourth-order valence-corrected chi connectivity index (χ4v) is 5.83. The highest BCUT2D eigenvalue weighted by atomic mass is 32.2. The van der Waals surface area contributed by atoms with Crippen molar-refractivity contribution >= 4 is 21.8 Å². The molecule has 3 rings (SSSR count). The van der Waals surface area contributed by atoms with E-state index in [0.717, 1.165) is 11.3 Å². The van der Waals surface area contributed by atoms with E-state index in [1.807, 2.05) is 37.3 Å². The average Bonchev–Trinajstić information content (AvgIpc) is 3.07. The first-order valence-corrected chi connectivity index (χ1v) is 10.0. The molecule has 0 bridgehead atoms. The van der Waals surface area contributed by atoms with Gasteiger partial charge in [0.25, 0.3) is 0 Å². The van der Waals surface area contributed by atoms with Gasteiger partial charge in [0, 0.05) is 12.3 Å². The Labute approximate surface area is 141 Å². The Morgan fingerprint density at radius 1 is 1.13 bits per heavy atom. The molecule has 0 aromatic heterocycles. The number of nitrogens with zero attached hydrogens (tertiary/aromatic N) is 1. The molecule has 122 valence electrons.